The summed E-state index contributed by atoms with van der Waals surface area (Å²) >= 11 is 0. The van der Waals surface area contributed by atoms with Gasteiger partial charge in [-0.3, -0.25) is 0 Å². The number of rotatable bonds is 9. The van der Waals surface area contributed by atoms with Gasteiger partial charge in [0.25, 0.3) is 0 Å². The van der Waals surface area contributed by atoms with Gasteiger partial charge >= 0.3 is 0 Å². The summed E-state index contributed by atoms with van der Waals surface area (Å²) in [6, 6.07) is 6.56. The zero-order chi connectivity index (χ0) is 31.8. The number of hydrogen-bond acceptors (Lipinski definition) is 0. The van der Waals surface area contributed by atoms with Crippen LogP contribution in [0.4, 0.5) is 0 Å². The predicted octanol–water partition coefficient (Wildman–Crippen LogP) is 13.5. The first kappa shape index (κ1) is 41.6. The van der Waals surface area contributed by atoms with Gasteiger partial charge in [-0.1, -0.05) is 128 Å². The van der Waals surface area contributed by atoms with Crippen molar-refractivity contribution in [1.82, 2.24) is 0 Å². The quantitative estimate of drug-likeness (QED) is 0.214. The van der Waals surface area contributed by atoms with Crippen molar-refractivity contribution in [3.63, 3.8) is 0 Å². The van der Waals surface area contributed by atoms with E-state index in [0.717, 1.165) is 35.5 Å². The summed E-state index contributed by atoms with van der Waals surface area (Å²) in [6.45, 7) is 43.2. The average Bonchev–Trinajstić information content (AvgIpc) is 3.74. The van der Waals surface area contributed by atoms with Crippen LogP contribution in [-0.2, 0) is 6.42 Å². The minimum atomic E-state index is 0.839. The molecule has 0 bridgehead atoms. The Bertz CT molecular complexity index is 1030. The maximum atomic E-state index is 4.41. The minimum absolute atomic E-state index is 0.839. The second-order valence-electron chi connectivity index (χ2n) is 9.78. The van der Waals surface area contributed by atoms with Crippen LogP contribution in [0.25, 0.3) is 5.57 Å². The molecule has 40 heavy (non-hydrogen) atoms. The maximum absolute atomic E-state index is 4.41. The molecule has 0 atom stereocenters. The Labute approximate surface area is 251 Å². The van der Waals surface area contributed by atoms with Crippen molar-refractivity contribution in [3.8, 4) is 0 Å². The summed E-state index contributed by atoms with van der Waals surface area (Å²) in [5.41, 5.74) is 11.9. The van der Waals surface area contributed by atoms with Crippen LogP contribution < -0.4 is 0 Å². The van der Waals surface area contributed by atoms with Crippen LogP contribution in [0.2, 0.25) is 0 Å². The molecule has 0 amide bonds. The molecule has 0 spiro atoms. The summed E-state index contributed by atoms with van der Waals surface area (Å²) < 4.78 is 0. The lowest BCUT2D eigenvalue weighted by molar-refractivity contribution is 0.983. The lowest BCUT2D eigenvalue weighted by Gasteiger charge is -2.18. The van der Waals surface area contributed by atoms with Gasteiger partial charge in [-0.25, -0.2) is 0 Å². The van der Waals surface area contributed by atoms with Gasteiger partial charge in [-0.15, -0.1) is 6.58 Å². The van der Waals surface area contributed by atoms with Crippen molar-refractivity contribution in [2.75, 3.05) is 0 Å². The first-order valence-corrected chi connectivity index (χ1v) is 15.4. The van der Waals surface area contributed by atoms with E-state index in [1.807, 2.05) is 41.5 Å². The molecule has 2 rings (SSSR count). The van der Waals surface area contributed by atoms with E-state index in [-0.39, 0.29) is 0 Å². The van der Waals surface area contributed by atoms with Gasteiger partial charge in [0.15, 0.2) is 0 Å². The topological polar surface area (TPSA) is 0 Å². The summed E-state index contributed by atoms with van der Waals surface area (Å²) in [5.74, 6) is 1.08. The van der Waals surface area contributed by atoms with Gasteiger partial charge in [0.05, 0.1) is 0 Å². The number of benzene rings is 1. The third kappa shape index (κ3) is 17.0. The third-order valence-corrected chi connectivity index (χ3v) is 6.42. The highest BCUT2D eigenvalue weighted by molar-refractivity contribution is 5.63. The van der Waals surface area contributed by atoms with Gasteiger partial charge in [0.1, 0.15) is 0 Å². The average molecular weight is 545 g/mol. The Morgan fingerprint density at radius 1 is 0.900 bits per heavy atom. The van der Waals surface area contributed by atoms with Crippen LogP contribution in [0.5, 0.6) is 0 Å². The predicted molar refractivity (Wildman–Crippen MR) is 190 cm³/mol. The van der Waals surface area contributed by atoms with Crippen molar-refractivity contribution in [2.24, 2.45) is 5.92 Å². The van der Waals surface area contributed by atoms with Gasteiger partial charge in [-0.2, -0.15) is 0 Å². The molecule has 1 saturated carbocycles. The first-order valence-electron chi connectivity index (χ1n) is 15.4. The van der Waals surface area contributed by atoms with Crippen molar-refractivity contribution in [1.29, 1.82) is 0 Å². The van der Waals surface area contributed by atoms with E-state index in [9.17, 15) is 0 Å². The van der Waals surface area contributed by atoms with Crippen LogP contribution in [0.1, 0.15) is 119 Å². The van der Waals surface area contributed by atoms with Crippen molar-refractivity contribution < 1.29 is 0 Å². The molecule has 224 valence electrons. The summed E-state index contributed by atoms with van der Waals surface area (Å²) in [5, 5.41) is 0. The fourth-order valence-corrected chi connectivity index (χ4v) is 3.51. The maximum Gasteiger partial charge on any atom is -0.00261 e. The first-order chi connectivity index (χ1) is 19.0. The molecule has 0 unspecified atom stereocenters. The summed E-state index contributed by atoms with van der Waals surface area (Å²) in [7, 11) is 0. The van der Waals surface area contributed by atoms with Crippen LogP contribution in [0.15, 0.2) is 108 Å². The summed E-state index contributed by atoms with van der Waals surface area (Å²) in [4.78, 5) is 0. The zero-order valence-electron chi connectivity index (χ0n) is 28.9. The van der Waals surface area contributed by atoms with E-state index in [2.05, 4.69) is 117 Å². The molecule has 0 saturated heterocycles. The molecule has 0 radical (unpaired) electrons. The molecule has 1 aliphatic carbocycles. The van der Waals surface area contributed by atoms with E-state index >= 15 is 0 Å². The highest BCUT2D eigenvalue weighted by Crippen LogP contribution is 2.31. The Balaban J connectivity index is -0.00000106. The molecule has 0 heterocycles. The number of allylic oxidation sites excluding steroid dienone is 12. The van der Waals surface area contributed by atoms with E-state index in [1.54, 1.807) is 6.08 Å². The zero-order valence-corrected chi connectivity index (χ0v) is 28.9. The molecule has 0 aromatic heterocycles. The summed E-state index contributed by atoms with van der Waals surface area (Å²) in [6.07, 6.45) is 15.2. The Morgan fingerprint density at radius 3 is 1.77 bits per heavy atom. The molecular formula is C40H64. The van der Waals surface area contributed by atoms with Crippen LogP contribution in [0.3, 0.4) is 0 Å². The highest BCUT2D eigenvalue weighted by Gasteiger charge is 2.13. The molecular weight excluding hydrogens is 480 g/mol. The van der Waals surface area contributed by atoms with Gasteiger partial charge in [-0.05, 0) is 117 Å². The highest BCUT2D eigenvalue weighted by atomic mass is 14.2. The molecule has 0 aliphatic heterocycles. The molecule has 0 heteroatoms. The normalized spacial score (nSPS) is 13.0. The standard InChI is InChI=1S/C29H38.C4H8.C3H6.2C2H6/c1-11-14-15-26(12-2)25(10)29(13-3)24(9)23(8)22(7)18-28-19-27(20(4)5)17-16-21(28)6;1-4-2-3-4;1-3-2;2*1-2/h12-17,19H,4,7,10-11,18H2,1-3,5-6,8-9H3;4H,2-3H2,1H3;3H,1H2,2H3;2*1-2H3/b15-14-,24-23+,26-12+,29-13+;;;;. The molecule has 0 nitrogen and oxygen atoms in total. The largest absolute Gasteiger partial charge is 0.103 e. The van der Waals surface area contributed by atoms with Gasteiger partial charge < -0.3 is 0 Å². The third-order valence-electron chi connectivity index (χ3n) is 6.42. The fraction of sp³-hybridized carbons (Fsp3) is 0.450. The second kappa shape index (κ2) is 25.1. The minimum Gasteiger partial charge on any atom is -0.103 e. The number of hydrogen-bond donors (Lipinski definition) is 0. The monoisotopic (exact) mass is 545 g/mol. The van der Waals surface area contributed by atoms with Crippen LogP contribution in [0, 0.1) is 12.8 Å². The molecule has 1 aromatic carbocycles. The molecule has 0 N–H and O–H groups in total. The van der Waals surface area contributed by atoms with E-state index in [4.69, 9.17) is 0 Å². The van der Waals surface area contributed by atoms with E-state index in [1.165, 1.54) is 51.8 Å². The van der Waals surface area contributed by atoms with Crippen LogP contribution >= 0.6 is 0 Å². The molecule has 1 fully saturated rings. The Kier molecular flexibility index (Phi) is 26.1. The van der Waals surface area contributed by atoms with E-state index < -0.39 is 0 Å². The molecule has 1 aliphatic rings. The fourth-order valence-electron chi connectivity index (χ4n) is 3.51. The Hall–Kier alpha value is -2.86. The van der Waals surface area contributed by atoms with Crippen molar-refractivity contribution in [2.45, 2.75) is 116 Å². The second-order valence-corrected chi connectivity index (χ2v) is 9.78. The van der Waals surface area contributed by atoms with Crippen molar-refractivity contribution >= 4 is 5.57 Å². The van der Waals surface area contributed by atoms with Crippen LogP contribution in [-0.4, -0.2) is 0 Å². The van der Waals surface area contributed by atoms with Gasteiger partial charge in [0, 0.05) is 0 Å². The lowest BCUT2D eigenvalue weighted by atomic mass is 9.87. The number of aryl methyl sites for hydroxylation is 1. The lowest BCUT2D eigenvalue weighted by Crippen LogP contribution is -2.01. The van der Waals surface area contributed by atoms with Gasteiger partial charge in [0.2, 0.25) is 0 Å². The smallest absolute Gasteiger partial charge is 0.00261 e. The molecule has 1 aromatic rings. The van der Waals surface area contributed by atoms with E-state index in [0.29, 0.717) is 0 Å². The Morgan fingerprint density at radius 2 is 1.40 bits per heavy atom. The SMILES string of the molecule is C=C(C(=C/C)/C(C)=C(\C)C(=C)Cc1cc(C(=C)C)ccc1C)C(/C=C\CC)=C/C.C=CC.CC.CC.CC1CC1. The van der Waals surface area contributed by atoms with Crippen molar-refractivity contribution in [3.05, 3.63) is 125 Å².